The Labute approximate surface area is 168 Å². The number of thioether (sulfide) groups is 1. The van der Waals surface area contributed by atoms with Crippen molar-refractivity contribution in [2.45, 2.75) is 19.3 Å². The summed E-state index contributed by atoms with van der Waals surface area (Å²) in [5.74, 6) is 0.557. The molecule has 27 heavy (non-hydrogen) atoms. The van der Waals surface area contributed by atoms with Crippen LogP contribution in [-0.4, -0.2) is 23.4 Å². The third kappa shape index (κ3) is 3.31. The summed E-state index contributed by atoms with van der Waals surface area (Å²) < 4.78 is 0. The number of nitriles is 1. The molecule has 0 saturated carbocycles. The first-order chi connectivity index (χ1) is 13.1. The summed E-state index contributed by atoms with van der Waals surface area (Å²) in [4.78, 5) is 16.7. The van der Waals surface area contributed by atoms with Gasteiger partial charge in [0, 0.05) is 23.0 Å². The van der Waals surface area contributed by atoms with Crippen LogP contribution in [-0.2, 0) is 4.79 Å². The van der Waals surface area contributed by atoms with E-state index in [2.05, 4.69) is 11.0 Å². The molecule has 2 aromatic carbocycles. The topological polar surface area (TPSA) is 47.3 Å². The molecule has 1 atom stereocenters. The van der Waals surface area contributed by atoms with E-state index in [9.17, 15) is 10.1 Å². The van der Waals surface area contributed by atoms with Gasteiger partial charge in [-0.2, -0.15) is 5.26 Å². The van der Waals surface area contributed by atoms with E-state index in [1.807, 2.05) is 55.5 Å². The second-order valence-corrected chi connectivity index (χ2v) is 8.05. The van der Waals surface area contributed by atoms with Gasteiger partial charge >= 0.3 is 0 Å². The minimum absolute atomic E-state index is 0.0493. The number of nitrogens with zero attached hydrogens (tertiary/aromatic N) is 3. The summed E-state index contributed by atoms with van der Waals surface area (Å²) >= 11 is 7.81. The van der Waals surface area contributed by atoms with Crippen LogP contribution in [0.2, 0.25) is 5.02 Å². The molecule has 0 bridgehead atoms. The maximum atomic E-state index is 12.9. The van der Waals surface area contributed by atoms with E-state index < -0.39 is 0 Å². The maximum Gasteiger partial charge on any atom is 0.229 e. The number of hydrogen-bond donors (Lipinski definition) is 0. The first-order valence-corrected chi connectivity index (χ1v) is 10.1. The number of aryl methyl sites for hydroxylation is 1. The summed E-state index contributed by atoms with van der Waals surface area (Å²) in [5, 5.41) is 11.3. The van der Waals surface area contributed by atoms with Crippen LogP contribution in [0.5, 0.6) is 0 Å². The van der Waals surface area contributed by atoms with Gasteiger partial charge in [0.25, 0.3) is 0 Å². The van der Waals surface area contributed by atoms with E-state index in [1.165, 1.54) is 0 Å². The smallest absolute Gasteiger partial charge is 0.229 e. The molecule has 0 aliphatic carbocycles. The normalized spacial score (nSPS) is 19.7. The number of rotatable bonds is 2. The number of carbonyl (C=O) groups excluding carboxylic acids is 1. The number of hydrogen-bond acceptors (Lipinski definition) is 4. The Morgan fingerprint density at radius 1 is 1.22 bits per heavy atom. The van der Waals surface area contributed by atoms with E-state index in [-0.39, 0.29) is 11.8 Å². The largest absolute Gasteiger partial charge is 0.344 e. The average Bonchev–Trinajstić information content (AvgIpc) is 2.70. The molecular formula is C21H18ClN3OS. The fourth-order valence-corrected chi connectivity index (χ4v) is 4.82. The second-order valence-electron chi connectivity index (χ2n) is 6.71. The molecule has 1 saturated heterocycles. The zero-order valence-electron chi connectivity index (χ0n) is 14.9. The summed E-state index contributed by atoms with van der Waals surface area (Å²) in [7, 11) is 0. The molecule has 0 N–H and O–H groups in total. The quantitative estimate of drug-likeness (QED) is 0.727. The maximum absolute atomic E-state index is 12.9. The molecule has 1 fully saturated rings. The monoisotopic (exact) mass is 395 g/mol. The van der Waals surface area contributed by atoms with Crippen LogP contribution in [0.15, 0.2) is 59.1 Å². The van der Waals surface area contributed by atoms with Crippen molar-refractivity contribution >= 4 is 35.0 Å². The first-order valence-electron chi connectivity index (χ1n) is 8.72. The summed E-state index contributed by atoms with van der Waals surface area (Å²) in [5.41, 5.74) is 3.71. The first kappa shape index (κ1) is 18.0. The Bertz CT molecular complexity index is 967. The average molecular weight is 396 g/mol. The standard InChI is InChI=1S/C21H18ClN3OS/c1-14-7-8-16(9-19(14)22)24-12-25-20(26)10-17(15-5-3-2-4-6-15)18(11-23)21(25)27-13-24/h2-9,17H,10,12-13H2,1H3/t17-/m1/s1. The molecule has 0 radical (unpaired) electrons. The van der Waals surface area contributed by atoms with Gasteiger partial charge in [0.1, 0.15) is 0 Å². The van der Waals surface area contributed by atoms with Gasteiger partial charge in [-0.1, -0.05) is 59.8 Å². The number of halogens is 1. The van der Waals surface area contributed by atoms with E-state index in [1.54, 1.807) is 16.7 Å². The lowest BCUT2D eigenvalue weighted by atomic mass is 9.86. The zero-order chi connectivity index (χ0) is 19.0. The number of benzene rings is 2. The number of carbonyl (C=O) groups is 1. The molecule has 4 nitrogen and oxygen atoms in total. The van der Waals surface area contributed by atoms with Gasteiger partial charge < -0.3 is 4.90 Å². The summed E-state index contributed by atoms with van der Waals surface area (Å²) in [6, 6.07) is 18.1. The molecule has 4 rings (SSSR count). The van der Waals surface area contributed by atoms with Crippen LogP contribution in [0.1, 0.15) is 23.5 Å². The highest BCUT2D eigenvalue weighted by atomic mass is 35.5. The third-order valence-electron chi connectivity index (χ3n) is 5.02. The molecule has 0 spiro atoms. The Morgan fingerprint density at radius 3 is 2.70 bits per heavy atom. The Hall–Kier alpha value is -2.42. The highest BCUT2D eigenvalue weighted by molar-refractivity contribution is 8.03. The highest BCUT2D eigenvalue weighted by Crippen LogP contribution is 2.43. The highest BCUT2D eigenvalue weighted by Gasteiger charge is 2.38. The molecule has 0 aromatic heterocycles. The predicted molar refractivity (Wildman–Crippen MR) is 109 cm³/mol. The molecule has 6 heteroatoms. The van der Waals surface area contributed by atoms with Crippen LogP contribution < -0.4 is 4.90 Å². The van der Waals surface area contributed by atoms with Crippen molar-refractivity contribution in [2.24, 2.45) is 0 Å². The zero-order valence-corrected chi connectivity index (χ0v) is 16.4. The van der Waals surface area contributed by atoms with Crippen molar-refractivity contribution < 1.29 is 4.79 Å². The van der Waals surface area contributed by atoms with Crippen LogP contribution in [0.4, 0.5) is 5.69 Å². The van der Waals surface area contributed by atoms with Crippen LogP contribution >= 0.6 is 23.4 Å². The predicted octanol–water partition coefficient (Wildman–Crippen LogP) is 4.87. The van der Waals surface area contributed by atoms with Crippen LogP contribution in [0.3, 0.4) is 0 Å². The van der Waals surface area contributed by atoms with Gasteiger partial charge in [0.15, 0.2) is 0 Å². The van der Waals surface area contributed by atoms with Crippen molar-refractivity contribution in [3.63, 3.8) is 0 Å². The lowest BCUT2D eigenvalue weighted by Crippen LogP contribution is -2.47. The lowest BCUT2D eigenvalue weighted by Gasteiger charge is -2.42. The molecule has 2 aliphatic rings. The third-order valence-corrected chi connectivity index (χ3v) is 6.58. The number of amides is 1. The Kier molecular flexibility index (Phi) is 4.86. The van der Waals surface area contributed by atoms with Gasteiger partial charge in [0.2, 0.25) is 5.91 Å². The van der Waals surface area contributed by atoms with Gasteiger partial charge in [-0.3, -0.25) is 9.69 Å². The molecule has 1 amide bonds. The van der Waals surface area contributed by atoms with Crippen molar-refractivity contribution in [1.29, 1.82) is 5.26 Å². The molecule has 0 unspecified atom stereocenters. The van der Waals surface area contributed by atoms with Crippen molar-refractivity contribution in [3.05, 3.63) is 75.3 Å². The van der Waals surface area contributed by atoms with Gasteiger partial charge in [0.05, 0.1) is 29.2 Å². The minimum atomic E-state index is -0.164. The Balaban J connectivity index is 1.66. The number of fused-ring (bicyclic) bond motifs is 1. The fourth-order valence-electron chi connectivity index (χ4n) is 3.47. The van der Waals surface area contributed by atoms with Crippen molar-refractivity contribution in [2.75, 3.05) is 17.4 Å². The van der Waals surface area contributed by atoms with Gasteiger partial charge in [-0.05, 0) is 30.2 Å². The van der Waals surface area contributed by atoms with Crippen molar-refractivity contribution in [3.8, 4) is 6.07 Å². The SMILES string of the molecule is Cc1ccc(N2CSC3=C(C#N)[C@@H](c4ccccc4)CC(=O)N3C2)cc1Cl. The second kappa shape index (κ2) is 7.30. The van der Waals surface area contributed by atoms with Crippen molar-refractivity contribution in [1.82, 2.24) is 4.90 Å². The van der Waals surface area contributed by atoms with E-state index >= 15 is 0 Å². The fraction of sp³-hybridized carbons (Fsp3) is 0.238. The van der Waals surface area contributed by atoms with Gasteiger partial charge in [-0.15, -0.1) is 0 Å². The van der Waals surface area contributed by atoms with E-state index in [4.69, 9.17) is 11.6 Å². The number of anilines is 1. The summed E-state index contributed by atoms with van der Waals surface area (Å²) in [6.45, 7) is 2.40. The Morgan fingerprint density at radius 2 is 2.00 bits per heavy atom. The lowest BCUT2D eigenvalue weighted by molar-refractivity contribution is -0.129. The van der Waals surface area contributed by atoms with Crippen LogP contribution in [0, 0.1) is 18.3 Å². The number of allylic oxidation sites excluding steroid dienone is 1. The van der Waals surface area contributed by atoms with E-state index in [0.29, 0.717) is 29.6 Å². The van der Waals surface area contributed by atoms with E-state index in [0.717, 1.165) is 21.8 Å². The molecule has 136 valence electrons. The molecule has 2 heterocycles. The molecular weight excluding hydrogens is 378 g/mol. The van der Waals surface area contributed by atoms with Gasteiger partial charge in [-0.25, -0.2) is 0 Å². The minimum Gasteiger partial charge on any atom is -0.344 e. The van der Waals surface area contributed by atoms with Crippen LogP contribution in [0.25, 0.3) is 0 Å². The summed E-state index contributed by atoms with van der Waals surface area (Å²) in [6.07, 6.45) is 0.319. The molecule has 2 aliphatic heterocycles. The molecule has 2 aromatic rings.